The highest BCUT2D eigenvalue weighted by atomic mass is 79.9. The van der Waals surface area contributed by atoms with Crippen molar-refractivity contribution in [1.82, 2.24) is 9.78 Å². The van der Waals surface area contributed by atoms with Crippen LogP contribution in [0.1, 0.15) is 64.7 Å². The highest BCUT2D eigenvalue weighted by molar-refractivity contribution is 9.10. The Balaban J connectivity index is 2.29. The summed E-state index contributed by atoms with van der Waals surface area (Å²) in [6, 6.07) is 0. The quantitative estimate of drug-likeness (QED) is 0.862. The molecular weight excluding hydrogens is 332 g/mol. The third-order valence-corrected chi connectivity index (χ3v) is 5.49. The summed E-state index contributed by atoms with van der Waals surface area (Å²) >= 11 is 3.53. The largest absolute Gasteiger partial charge is 0.384 e. The molecule has 5 heteroatoms. The summed E-state index contributed by atoms with van der Waals surface area (Å²) in [5.74, 6) is 0. The van der Waals surface area contributed by atoms with Crippen LogP contribution in [0.4, 0.5) is 0 Å². The SMILES string of the molecule is CCCn1ncc(Br)c1C(O)C1(OC)CCC(C)(C)CC1. The van der Waals surface area contributed by atoms with Crippen molar-refractivity contribution in [2.24, 2.45) is 5.41 Å². The molecule has 0 aromatic carbocycles. The van der Waals surface area contributed by atoms with Gasteiger partial charge in [0.25, 0.3) is 0 Å². The molecule has 0 radical (unpaired) electrons. The Morgan fingerprint density at radius 2 is 2.00 bits per heavy atom. The molecule has 120 valence electrons. The Hall–Kier alpha value is -0.390. The van der Waals surface area contributed by atoms with Crippen molar-refractivity contribution in [1.29, 1.82) is 0 Å². The van der Waals surface area contributed by atoms with E-state index in [2.05, 4.69) is 41.8 Å². The average Bonchev–Trinajstić information content (AvgIpc) is 2.80. The summed E-state index contributed by atoms with van der Waals surface area (Å²) in [7, 11) is 1.72. The lowest BCUT2D eigenvalue weighted by atomic mass is 9.68. The number of hydrogen-bond acceptors (Lipinski definition) is 3. The molecule has 1 aromatic rings. The third kappa shape index (κ3) is 3.35. The van der Waals surface area contributed by atoms with Crippen LogP contribution in [0.15, 0.2) is 10.7 Å². The predicted molar refractivity (Wildman–Crippen MR) is 87.2 cm³/mol. The lowest BCUT2D eigenvalue weighted by Gasteiger charge is -2.45. The smallest absolute Gasteiger partial charge is 0.126 e. The molecule has 0 bridgehead atoms. The first-order valence-electron chi connectivity index (χ1n) is 7.79. The van der Waals surface area contributed by atoms with E-state index in [4.69, 9.17) is 4.74 Å². The number of rotatable bonds is 5. The first-order valence-corrected chi connectivity index (χ1v) is 8.59. The van der Waals surface area contributed by atoms with E-state index in [0.717, 1.165) is 48.8 Å². The zero-order valence-corrected chi connectivity index (χ0v) is 15.1. The molecule has 1 atom stereocenters. The minimum absolute atomic E-state index is 0.336. The second kappa shape index (κ2) is 6.39. The van der Waals surface area contributed by atoms with Crippen molar-refractivity contribution in [3.63, 3.8) is 0 Å². The lowest BCUT2D eigenvalue weighted by molar-refractivity contribution is -0.141. The first kappa shape index (κ1) is 17.0. The topological polar surface area (TPSA) is 47.3 Å². The average molecular weight is 359 g/mol. The third-order valence-electron chi connectivity index (χ3n) is 4.88. The van der Waals surface area contributed by atoms with Gasteiger partial charge in [0.2, 0.25) is 0 Å². The first-order chi connectivity index (χ1) is 9.85. The maximum Gasteiger partial charge on any atom is 0.126 e. The Labute approximate surface area is 136 Å². The van der Waals surface area contributed by atoms with Crippen molar-refractivity contribution >= 4 is 15.9 Å². The molecule has 21 heavy (non-hydrogen) atoms. The van der Waals surface area contributed by atoms with Crippen LogP contribution in [-0.4, -0.2) is 27.6 Å². The van der Waals surface area contributed by atoms with Crippen LogP contribution in [0.2, 0.25) is 0 Å². The van der Waals surface area contributed by atoms with Gasteiger partial charge in [-0.15, -0.1) is 0 Å². The maximum atomic E-state index is 11.0. The molecule has 1 heterocycles. The van der Waals surface area contributed by atoms with Gasteiger partial charge in [-0.25, -0.2) is 0 Å². The number of aromatic nitrogens is 2. The fraction of sp³-hybridized carbons (Fsp3) is 0.812. The Morgan fingerprint density at radius 1 is 1.38 bits per heavy atom. The maximum absolute atomic E-state index is 11.0. The summed E-state index contributed by atoms with van der Waals surface area (Å²) in [5, 5.41) is 15.4. The number of ether oxygens (including phenoxy) is 1. The van der Waals surface area contributed by atoms with Gasteiger partial charge in [0.15, 0.2) is 0 Å². The van der Waals surface area contributed by atoms with E-state index in [-0.39, 0.29) is 0 Å². The molecule has 1 fully saturated rings. The second-order valence-electron chi connectivity index (χ2n) is 6.94. The number of aryl methyl sites for hydroxylation is 1. The molecule has 1 aliphatic carbocycles. The minimum atomic E-state index is -0.651. The zero-order valence-electron chi connectivity index (χ0n) is 13.5. The van der Waals surface area contributed by atoms with Crippen LogP contribution in [0, 0.1) is 5.41 Å². The van der Waals surface area contributed by atoms with E-state index in [9.17, 15) is 5.11 Å². The summed E-state index contributed by atoms with van der Waals surface area (Å²) < 4.78 is 8.60. The van der Waals surface area contributed by atoms with Crippen LogP contribution in [0.3, 0.4) is 0 Å². The summed E-state index contributed by atoms with van der Waals surface area (Å²) in [6.45, 7) is 7.50. The Kier molecular flexibility index (Phi) is 5.16. The van der Waals surface area contributed by atoms with E-state index in [1.807, 2.05) is 4.68 Å². The molecule has 4 nitrogen and oxygen atoms in total. The molecule has 1 aromatic heterocycles. The van der Waals surface area contributed by atoms with Gasteiger partial charge in [0.1, 0.15) is 6.10 Å². The number of aliphatic hydroxyl groups excluding tert-OH is 1. The number of methoxy groups -OCH3 is 1. The molecule has 0 amide bonds. The normalized spacial score (nSPS) is 22.2. The van der Waals surface area contributed by atoms with E-state index >= 15 is 0 Å². The van der Waals surface area contributed by atoms with E-state index < -0.39 is 11.7 Å². The van der Waals surface area contributed by atoms with Crippen LogP contribution < -0.4 is 0 Å². The van der Waals surface area contributed by atoms with Crippen LogP contribution in [-0.2, 0) is 11.3 Å². The summed E-state index contributed by atoms with van der Waals surface area (Å²) in [6.07, 6.45) is 5.99. The van der Waals surface area contributed by atoms with Gasteiger partial charge in [0, 0.05) is 13.7 Å². The predicted octanol–water partition coefficient (Wildman–Crippen LogP) is 4.07. The van der Waals surface area contributed by atoms with Gasteiger partial charge < -0.3 is 9.84 Å². The van der Waals surface area contributed by atoms with Crippen molar-refractivity contribution in [2.75, 3.05) is 7.11 Å². The molecule has 1 N–H and O–H groups in total. The van der Waals surface area contributed by atoms with Gasteiger partial charge >= 0.3 is 0 Å². The summed E-state index contributed by atoms with van der Waals surface area (Å²) in [4.78, 5) is 0. The van der Waals surface area contributed by atoms with Crippen molar-refractivity contribution in [3.05, 3.63) is 16.4 Å². The highest BCUT2D eigenvalue weighted by Crippen LogP contribution is 2.48. The fourth-order valence-corrected chi connectivity index (χ4v) is 3.74. The minimum Gasteiger partial charge on any atom is -0.384 e. The number of hydrogen-bond donors (Lipinski definition) is 1. The number of halogens is 1. The molecule has 0 aliphatic heterocycles. The Morgan fingerprint density at radius 3 is 2.52 bits per heavy atom. The van der Waals surface area contributed by atoms with Crippen LogP contribution in [0.5, 0.6) is 0 Å². The molecule has 1 saturated carbocycles. The zero-order chi connectivity index (χ0) is 15.7. The molecule has 1 unspecified atom stereocenters. The van der Waals surface area contributed by atoms with Gasteiger partial charge in [0.05, 0.1) is 22.0 Å². The highest BCUT2D eigenvalue weighted by Gasteiger charge is 2.46. The lowest BCUT2D eigenvalue weighted by Crippen LogP contribution is -2.44. The van der Waals surface area contributed by atoms with Gasteiger partial charge in [-0.1, -0.05) is 20.8 Å². The van der Waals surface area contributed by atoms with E-state index in [1.54, 1.807) is 13.3 Å². The van der Waals surface area contributed by atoms with Crippen molar-refractivity contribution < 1.29 is 9.84 Å². The Bertz CT molecular complexity index is 475. The second-order valence-corrected chi connectivity index (χ2v) is 7.79. The molecule has 0 saturated heterocycles. The van der Waals surface area contributed by atoms with Crippen LogP contribution in [0.25, 0.3) is 0 Å². The fourth-order valence-electron chi connectivity index (χ4n) is 3.22. The molecule has 2 rings (SSSR count). The van der Waals surface area contributed by atoms with E-state index in [0.29, 0.717) is 5.41 Å². The number of nitrogens with zero attached hydrogens (tertiary/aromatic N) is 2. The number of aliphatic hydroxyl groups is 1. The standard InChI is InChI=1S/C16H27BrN2O2/c1-5-10-19-13(12(17)11-18-19)14(20)16(21-4)8-6-15(2,3)7-9-16/h11,14,20H,5-10H2,1-4H3. The van der Waals surface area contributed by atoms with Crippen LogP contribution >= 0.6 is 15.9 Å². The van der Waals surface area contributed by atoms with Gasteiger partial charge in [-0.2, -0.15) is 5.10 Å². The monoisotopic (exact) mass is 358 g/mol. The molecule has 0 spiro atoms. The van der Waals surface area contributed by atoms with Crippen molar-refractivity contribution in [2.45, 2.75) is 71.1 Å². The van der Waals surface area contributed by atoms with Gasteiger partial charge in [-0.05, 0) is 53.4 Å². The summed E-state index contributed by atoms with van der Waals surface area (Å²) in [5.41, 5.74) is 0.685. The van der Waals surface area contributed by atoms with Crippen molar-refractivity contribution in [3.8, 4) is 0 Å². The molecular formula is C16H27BrN2O2. The molecule has 1 aliphatic rings. The van der Waals surface area contributed by atoms with Gasteiger partial charge in [-0.3, -0.25) is 4.68 Å². The van der Waals surface area contributed by atoms with E-state index in [1.165, 1.54) is 0 Å².